The number of fused-ring (bicyclic) bond motifs is 3. The number of rotatable bonds is 6. The van der Waals surface area contributed by atoms with E-state index in [1.54, 1.807) is 0 Å². The van der Waals surface area contributed by atoms with Gasteiger partial charge in [-0.15, -0.1) is 0 Å². The number of aryl methyl sites for hydroxylation is 1. The smallest absolute Gasteiger partial charge is 0.387 e. The number of carbonyl (C=O) groups is 1. The van der Waals surface area contributed by atoms with Crippen LogP contribution in [0.3, 0.4) is 0 Å². The van der Waals surface area contributed by atoms with E-state index in [1.807, 2.05) is 41.7 Å². The molecule has 4 rings (SSSR count). The molecule has 1 amide bonds. The van der Waals surface area contributed by atoms with Crippen LogP contribution < -0.4 is 10.1 Å². The Balaban J connectivity index is 1.55. The number of benzene rings is 2. The number of alkyl halides is 2. The van der Waals surface area contributed by atoms with Crippen LogP contribution in [0.1, 0.15) is 11.1 Å². The van der Waals surface area contributed by atoms with E-state index in [1.165, 1.54) is 36.0 Å². The van der Waals surface area contributed by atoms with Crippen molar-refractivity contribution >= 4 is 40.0 Å². The number of para-hydroxylation sites is 2. The molecule has 1 N–H and O–H groups in total. The molecule has 0 aliphatic rings. The van der Waals surface area contributed by atoms with Crippen molar-refractivity contribution in [3.8, 4) is 11.8 Å². The van der Waals surface area contributed by atoms with Crippen LogP contribution in [0, 0.1) is 18.3 Å². The van der Waals surface area contributed by atoms with E-state index in [2.05, 4.69) is 21.1 Å². The lowest BCUT2D eigenvalue weighted by molar-refractivity contribution is -0.113. The number of nitrogens with one attached hydrogen (secondary N) is 1. The van der Waals surface area contributed by atoms with Gasteiger partial charge >= 0.3 is 6.61 Å². The molecule has 156 valence electrons. The van der Waals surface area contributed by atoms with Crippen molar-refractivity contribution in [2.24, 2.45) is 0 Å². The van der Waals surface area contributed by atoms with Gasteiger partial charge in [0, 0.05) is 5.69 Å². The third-order valence-electron chi connectivity index (χ3n) is 4.57. The number of aromatic nitrogens is 2. The molecule has 2 heterocycles. The lowest BCUT2D eigenvalue weighted by Gasteiger charge is -2.10. The average Bonchev–Trinajstić information content (AvgIpc) is 3.12. The average molecular weight is 438 g/mol. The SMILES string of the molecule is Cc1cc(SCC(=O)Nc2ccc(OC(F)F)cc2)n2c(nc3ccccc32)c1C#N. The number of hydrogen-bond acceptors (Lipinski definition) is 5. The predicted molar refractivity (Wildman–Crippen MR) is 115 cm³/mol. The minimum atomic E-state index is -2.90. The maximum Gasteiger partial charge on any atom is 0.387 e. The van der Waals surface area contributed by atoms with Crippen molar-refractivity contribution in [2.75, 3.05) is 11.1 Å². The molecule has 2 aromatic heterocycles. The Kier molecular flexibility index (Phi) is 5.73. The Morgan fingerprint density at radius 3 is 2.71 bits per heavy atom. The second-order valence-electron chi connectivity index (χ2n) is 6.65. The van der Waals surface area contributed by atoms with Crippen molar-refractivity contribution in [3.63, 3.8) is 0 Å². The molecule has 6 nitrogen and oxygen atoms in total. The van der Waals surface area contributed by atoms with Gasteiger partial charge < -0.3 is 10.1 Å². The van der Waals surface area contributed by atoms with E-state index in [-0.39, 0.29) is 17.4 Å². The first-order chi connectivity index (χ1) is 15.0. The number of pyridine rings is 1. The zero-order valence-electron chi connectivity index (χ0n) is 16.3. The minimum Gasteiger partial charge on any atom is -0.435 e. The molecule has 0 aliphatic carbocycles. The van der Waals surface area contributed by atoms with Gasteiger partial charge in [-0.3, -0.25) is 9.20 Å². The highest BCUT2D eigenvalue weighted by Gasteiger charge is 2.16. The third-order valence-corrected chi connectivity index (χ3v) is 5.57. The number of nitriles is 1. The second kappa shape index (κ2) is 8.62. The van der Waals surface area contributed by atoms with Gasteiger partial charge in [-0.25, -0.2) is 4.98 Å². The predicted octanol–water partition coefficient (Wildman–Crippen LogP) is 5.00. The number of amides is 1. The normalized spacial score (nSPS) is 11.1. The van der Waals surface area contributed by atoms with E-state index in [0.29, 0.717) is 16.9 Å². The summed E-state index contributed by atoms with van der Waals surface area (Å²) in [6.07, 6.45) is 0. The molecule has 4 aromatic rings. The topological polar surface area (TPSA) is 79.4 Å². The van der Waals surface area contributed by atoms with Gasteiger partial charge in [0.15, 0.2) is 5.65 Å². The molecule has 0 fully saturated rings. The number of thioether (sulfide) groups is 1. The first-order valence-corrected chi connectivity index (χ1v) is 10.2. The van der Waals surface area contributed by atoms with Crippen LogP contribution in [0.5, 0.6) is 5.75 Å². The van der Waals surface area contributed by atoms with E-state index in [9.17, 15) is 18.8 Å². The molecule has 0 saturated carbocycles. The number of halogens is 2. The van der Waals surface area contributed by atoms with Gasteiger partial charge in [-0.05, 0) is 55.0 Å². The van der Waals surface area contributed by atoms with Crippen LogP contribution in [0.25, 0.3) is 16.7 Å². The van der Waals surface area contributed by atoms with Crippen molar-refractivity contribution in [1.29, 1.82) is 5.26 Å². The van der Waals surface area contributed by atoms with Crippen molar-refractivity contribution in [2.45, 2.75) is 18.6 Å². The number of hydrogen-bond donors (Lipinski definition) is 1. The fourth-order valence-corrected chi connectivity index (χ4v) is 4.14. The van der Waals surface area contributed by atoms with Crippen LogP contribution in [-0.4, -0.2) is 27.7 Å². The summed E-state index contributed by atoms with van der Waals surface area (Å²) in [5.41, 5.74) is 3.93. The van der Waals surface area contributed by atoms with E-state index in [0.717, 1.165) is 21.6 Å². The van der Waals surface area contributed by atoms with Crippen LogP contribution in [0.2, 0.25) is 0 Å². The highest BCUT2D eigenvalue weighted by Crippen LogP contribution is 2.29. The largest absolute Gasteiger partial charge is 0.435 e. The summed E-state index contributed by atoms with van der Waals surface area (Å²) >= 11 is 1.32. The molecule has 0 spiro atoms. The molecular weight excluding hydrogens is 422 g/mol. The van der Waals surface area contributed by atoms with Crippen LogP contribution in [0.15, 0.2) is 59.6 Å². The lowest BCUT2D eigenvalue weighted by atomic mass is 10.2. The quantitative estimate of drug-likeness (QED) is 0.429. The second-order valence-corrected chi connectivity index (χ2v) is 7.65. The lowest BCUT2D eigenvalue weighted by Crippen LogP contribution is -2.14. The third kappa shape index (κ3) is 4.29. The fraction of sp³-hybridized carbons (Fsp3) is 0.136. The number of nitrogens with zero attached hydrogens (tertiary/aromatic N) is 3. The summed E-state index contributed by atoms with van der Waals surface area (Å²) in [7, 11) is 0. The summed E-state index contributed by atoms with van der Waals surface area (Å²) in [4.78, 5) is 17.0. The Bertz CT molecular complexity index is 1310. The number of anilines is 1. The molecule has 2 aromatic carbocycles. The maximum absolute atomic E-state index is 12.4. The summed E-state index contributed by atoms with van der Waals surface area (Å²) in [6, 6.07) is 17.4. The van der Waals surface area contributed by atoms with Crippen LogP contribution in [-0.2, 0) is 4.79 Å². The molecule has 0 atom stereocenters. The zero-order valence-corrected chi connectivity index (χ0v) is 17.1. The van der Waals surface area contributed by atoms with Crippen molar-refractivity contribution in [1.82, 2.24) is 9.38 Å². The number of imidazole rings is 1. The Labute approximate surface area is 180 Å². The van der Waals surface area contributed by atoms with Crippen LogP contribution in [0.4, 0.5) is 14.5 Å². The summed E-state index contributed by atoms with van der Waals surface area (Å²) < 4.78 is 30.7. The van der Waals surface area contributed by atoms with Crippen molar-refractivity contribution in [3.05, 3.63) is 65.7 Å². The molecule has 0 bridgehead atoms. The summed E-state index contributed by atoms with van der Waals surface area (Å²) in [5, 5.41) is 13.1. The summed E-state index contributed by atoms with van der Waals surface area (Å²) in [5.74, 6) is -0.126. The highest BCUT2D eigenvalue weighted by atomic mass is 32.2. The maximum atomic E-state index is 12.4. The highest BCUT2D eigenvalue weighted by molar-refractivity contribution is 7.99. The standard InChI is InChI=1S/C22H16F2N4O2S/c1-13-10-20(28-18-5-3-2-4-17(18)27-21(28)16(13)11-25)31-12-19(29)26-14-6-8-15(9-7-14)30-22(23)24/h2-10,22H,12H2,1H3,(H,26,29). The Morgan fingerprint density at radius 1 is 1.26 bits per heavy atom. The molecular formula is C22H16F2N4O2S. The first-order valence-electron chi connectivity index (χ1n) is 9.24. The van der Waals surface area contributed by atoms with Gasteiger partial charge in [0.2, 0.25) is 5.91 Å². The Hall–Kier alpha value is -3.64. The van der Waals surface area contributed by atoms with E-state index in [4.69, 9.17) is 0 Å². The minimum absolute atomic E-state index is 0.0183. The molecule has 0 aliphatic heterocycles. The molecule has 0 unspecified atom stereocenters. The van der Waals surface area contributed by atoms with Gasteiger partial charge in [0.25, 0.3) is 0 Å². The van der Waals surface area contributed by atoms with Gasteiger partial charge in [-0.1, -0.05) is 23.9 Å². The van der Waals surface area contributed by atoms with Gasteiger partial charge in [0.05, 0.1) is 27.4 Å². The Morgan fingerprint density at radius 2 is 2.00 bits per heavy atom. The molecule has 0 radical (unpaired) electrons. The first kappa shape index (κ1) is 20.6. The zero-order chi connectivity index (χ0) is 22.0. The van der Waals surface area contributed by atoms with Gasteiger partial charge in [0.1, 0.15) is 11.8 Å². The van der Waals surface area contributed by atoms with Gasteiger partial charge in [-0.2, -0.15) is 14.0 Å². The fourth-order valence-electron chi connectivity index (χ4n) is 3.22. The molecule has 31 heavy (non-hydrogen) atoms. The van der Waals surface area contributed by atoms with Crippen molar-refractivity contribution < 1.29 is 18.3 Å². The molecule has 9 heteroatoms. The molecule has 0 saturated heterocycles. The number of ether oxygens (including phenoxy) is 1. The van der Waals surface area contributed by atoms with E-state index >= 15 is 0 Å². The van der Waals surface area contributed by atoms with E-state index < -0.39 is 6.61 Å². The number of carbonyl (C=O) groups excluding carboxylic acids is 1. The summed E-state index contributed by atoms with van der Waals surface area (Å²) in [6.45, 7) is -1.06. The monoisotopic (exact) mass is 438 g/mol. The van der Waals surface area contributed by atoms with Crippen LogP contribution >= 0.6 is 11.8 Å².